The summed E-state index contributed by atoms with van der Waals surface area (Å²) in [6.45, 7) is 1.62. The molecular formula is C19H22N2O4S. The lowest BCUT2D eigenvalue weighted by Crippen LogP contribution is -2.28. The molecule has 0 aliphatic carbocycles. The van der Waals surface area contributed by atoms with Gasteiger partial charge in [0, 0.05) is 25.2 Å². The number of amides is 1. The minimum Gasteiger partial charge on any atom is -0.497 e. The molecule has 3 rings (SSSR count). The second-order valence-corrected chi connectivity index (χ2v) is 7.97. The van der Waals surface area contributed by atoms with E-state index in [2.05, 4.69) is 4.72 Å². The van der Waals surface area contributed by atoms with Crippen LogP contribution < -0.4 is 9.46 Å². The average molecular weight is 374 g/mol. The molecule has 1 amide bonds. The van der Waals surface area contributed by atoms with Gasteiger partial charge in [-0.2, -0.15) is 0 Å². The summed E-state index contributed by atoms with van der Waals surface area (Å²) in [5.41, 5.74) is 1.22. The molecule has 0 unspecified atom stereocenters. The summed E-state index contributed by atoms with van der Waals surface area (Å²) in [4.78, 5) is 14.3. The lowest BCUT2D eigenvalue weighted by atomic mass is 10.2. The van der Waals surface area contributed by atoms with Gasteiger partial charge in [-0.15, -0.1) is 0 Å². The van der Waals surface area contributed by atoms with E-state index in [0.717, 1.165) is 31.5 Å². The molecule has 2 aromatic rings. The maximum Gasteiger partial charge on any atom is 0.253 e. The molecule has 1 heterocycles. The number of benzene rings is 2. The van der Waals surface area contributed by atoms with Gasteiger partial charge in [0.2, 0.25) is 10.0 Å². The third-order valence-electron chi connectivity index (χ3n) is 4.41. The summed E-state index contributed by atoms with van der Waals surface area (Å²) in [6.07, 6.45) is 1.99. The predicted molar refractivity (Wildman–Crippen MR) is 98.6 cm³/mol. The van der Waals surface area contributed by atoms with Gasteiger partial charge in [-0.05, 0) is 48.7 Å². The fourth-order valence-electron chi connectivity index (χ4n) is 2.90. The van der Waals surface area contributed by atoms with Crippen molar-refractivity contribution >= 4 is 15.9 Å². The molecule has 7 heteroatoms. The lowest BCUT2D eigenvalue weighted by Gasteiger charge is -2.15. The molecule has 26 heavy (non-hydrogen) atoms. The standard InChI is InChI=1S/C19H22N2O4S/c1-25-17-9-7-15(8-10-17)14-20-26(23,24)18-6-4-5-16(13-18)19(22)21-11-2-3-12-21/h4-10,13,20H,2-3,11-12,14H2,1H3. The Morgan fingerprint density at radius 2 is 1.81 bits per heavy atom. The van der Waals surface area contributed by atoms with Gasteiger partial charge in [-0.3, -0.25) is 4.79 Å². The van der Waals surface area contributed by atoms with Gasteiger partial charge >= 0.3 is 0 Å². The molecular weight excluding hydrogens is 352 g/mol. The van der Waals surface area contributed by atoms with Crippen LogP contribution in [0.1, 0.15) is 28.8 Å². The van der Waals surface area contributed by atoms with Crippen LogP contribution in [0, 0.1) is 0 Å². The van der Waals surface area contributed by atoms with E-state index in [0.29, 0.717) is 11.3 Å². The van der Waals surface area contributed by atoms with Crippen molar-refractivity contribution in [1.29, 1.82) is 0 Å². The van der Waals surface area contributed by atoms with Crippen molar-refractivity contribution in [3.8, 4) is 5.75 Å². The van der Waals surface area contributed by atoms with Crippen LogP contribution in [0.3, 0.4) is 0 Å². The van der Waals surface area contributed by atoms with Crippen LogP contribution in [0.2, 0.25) is 0 Å². The lowest BCUT2D eigenvalue weighted by molar-refractivity contribution is 0.0792. The first-order valence-electron chi connectivity index (χ1n) is 8.51. The Balaban J connectivity index is 1.72. The Hall–Kier alpha value is -2.38. The topological polar surface area (TPSA) is 75.7 Å². The molecule has 1 aliphatic heterocycles. The summed E-state index contributed by atoms with van der Waals surface area (Å²) in [7, 11) is -2.13. The van der Waals surface area contributed by atoms with Gasteiger partial charge in [0.1, 0.15) is 5.75 Å². The Labute approximate surface area is 153 Å². The molecule has 0 atom stereocenters. The minimum absolute atomic E-state index is 0.0936. The van der Waals surface area contributed by atoms with E-state index in [1.54, 1.807) is 48.4 Å². The van der Waals surface area contributed by atoms with E-state index < -0.39 is 10.0 Å². The van der Waals surface area contributed by atoms with Crippen molar-refractivity contribution in [2.24, 2.45) is 0 Å². The van der Waals surface area contributed by atoms with Gasteiger partial charge in [0.15, 0.2) is 0 Å². The van der Waals surface area contributed by atoms with Crippen LogP contribution in [0.15, 0.2) is 53.4 Å². The summed E-state index contributed by atoms with van der Waals surface area (Å²) in [6, 6.07) is 13.4. The van der Waals surface area contributed by atoms with Crippen LogP contribution in [-0.4, -0.2) is 39.4 Å². The van der Waals surface area contributed by atoms with Gasteiger partial charge in [0.05, 0.1) is 12.0 Å². The van der Waals surface area contributed by atoms with Crippen LogP contribution >= 0.6 is 0 Å². The quantitative estimate of drug-likeness (QED) is 0.842. The van der Waals surface area contributed by atoms with Crippen LogP contribution in [0.4, 0.5) is 0 Å². The fraction of sp³-hybridized carbons (Fsp3) is 0.316. The Morgan fingerprint density at radius 1 is 1.12 bits per heavy atom. The number of rotatable bonds is 6. The Kier molecular flexibility index (Phi) is 5.58. The molecule has 1 fully saturated rings. The molecule has 0 bridgehead atoms. The number of sulfonamides is 1. The van der Waals surface area contributed by atoms with Crippen LogP contribution in [-0.2, 0) is 16.6 Å². The predicted octanol–water partition coefficient (Wildman–Crippen LogP) is 2.41. The fourth-order valence-corrected chi connectivity index (χ4v) is 3.97. The van der Waals surface area contributed by atoms with Gasteiger partial charge in [0.25, 0.3) is 5.91 Å². The number of methoxy groups -OCH3 is 1. The monoisotopic (exact) mass is 374 g/mol. The molecule has 2 aromatic carbocycles. The molecule has 0 aromatic heterocycles. The summed E-state index contributed by atoms with van der Waals surface area (Å²) in [5, 5.41) is 0. The highest BCUT2D eigenvalue weighted by molar-refractivity contribution is 7.89. The first-order chi connectivity index (χ1) is 12.5. The molecule has 1 N–H and O–H groups in total. The summed E-state index contributed by atoms with van der Waals surface area (Å²) >= 11 is 0. The second kappa shape index (κ2) is 7.88. The number of carbonyl (C=O) groups excluding carboxylic acids is 1. The zero-order valence-electron chi connectivity index (χ0n) is 14.6. The maximum atomic E-state index is 12.6. The Morgan fingerprint density at radius 3 is 2.46 bits per heavy atom. The van der Waals surface area contributed by atoms with Crippen molar-refractivity contribution in [3.63, 3.8) is 0 Å². The average Bonchev–Trinajstić information content (AvgIpc) is 3.21. The summed E-state index contributed by atoms with van der Waals surface area (Å²) in [5.74, 6) is 0.597. The molecule has 0 radical (unpaired) electrons. The zero-order valence-corrected chi connectivity index (χ0v) is 15.5. The van der Waals surface area contributed by atoms with Crippen molar-refractivity contribution in [2.45, 2.75) is 24.3 Å². The number of likely N-dealkylation sites (tertiary alicyclic amines) is 1. The van der Waals surface area contributed by atoms with Gasteiger partial charge in [-0.1, -0.05) is 18.2 Å². The molecule has 0 spiro atoms. The van der Waals surface area contributed by atoms with Gasteiger partial charge < -0.3 is 9.64 Å². The smallest absolute Gasteiger partial charge is 0.253 e. The van der Waals surface area contributed by atoms with Crippen LogP contribution in [0.25, 0.3) is 0 Å². The van der Waals surface area contributed by atoms with Gasteiger partial charge in [-0.25, -0.2) is 13.1 Å². The van der Waals surface area contributed by atoms with Crippen molar-refractivity contribution in [3.05, 3.63) is 59.7 Å². The second-order valence-electron chi connectivity index (χ2n) is 6.20. The molecule has 1 saturated heterocycles. The highest BCUT2D eigenvalue weighted by Crippen LogP contribution is 2.17. The van der Waals surface area contributed by atoms with Crippen molar-refractivity contribution < 1.29 is 17.9 Å². The van der Waals surface area contributed by atoms with E-state index in [1.165, 1.54) is 12.1 Å². The Bertz CT molecular complexity index is 873. The normalized spacial score (nSPS) is 14.4. The zero-order chi connectivity index (χ0) is 18.6. The SMILES string of the molecule is COc1ccc(CNS(=O)(=O)c2cccc(C(=O)N3CCCC3)c2)cc1. The highest BCUT2D eigenvalue weighted by atomic mass is 32.2. The van der Waals surface area contributed by atoms with E-state index in [9.17, 15) is 13.2 Å². The first kappa shape index (κ1) is 18.4. The highest BCUT2D eigenvalue weighted by Gasteiger charge is 2.21. The van der Waals surface area contributed by atoms with Crippen LogP contribution in [0.5, 0.6) is 5.75 Å². The molecule has 0 saturated carbocycles. The summed E-state index contributed by atoms with van der Waals surface area (Å²) < 4.78 is 32.8. The number of carbonyl (C=O) groups is 1. The van der Waals surface area contributed by atoms with E-state index >= 15 is 0 Å². The number of nitrogens with zero attached hydrogens (tertiary/aromatic N) is 1. The number of hydrogen-bond donors (Lipinski definition) is 1. The van der Waals surface area contributed by atoms with Crippen molar-refractivity contribution in [1.82, 2.24) is 9.62 Å². The maximum absolute atomic E-state index is 12.6. The van der Waals surface area contributed by atoms with E-state index in [4.69, 9.17) is 4.74 Å². The molecule has 6 nitrogen and oxygen atoms in total. The number of ether oxygens (including phenoxy) is 1. The molecule has 138 valence electrons. The third kappa shape index (κ3) is 4.23. The van der Waals surface area contributed by atoms with E-state index in [1.807, 2.05) is 0 Å². The van der Waals surface area contributed by atoms with E-state index in [-0.39, 0.29) is 17.3 Å². The third-order valence-corrected chi connectivity index (χ3v) is 5.81. The van der Waals surface area contributed by atoms with Crippen molar-refractivity contribution in [2.75, 3.05) is 20.2 Å². The minimum atomic E-state index is -3.71. The largest absolute Gasteiger partial charge is 0.497 e. The number of nitrogens with one attached hydrogen (secondary N) is 1. The first-order valence-corrected chi connectivity index (χ1v) is 10.00. The number of hydrogen-bond acceptors (Lipinski definition) is 4. The molecule has 1 aliphatic rings.